The smallest absolute Gasteiger partial charge is 0.225 e. The summed E-state index contributed by atoms with van der Waals surface area (Å²) >= 11 is 0. The van der Waals surface area contributed by atoms with Crippen LogP contribution in [0.1, 0.15) is 51.9 Å². The number of nitrogens with zero attached hydrogens (tertiary/aromatic N) is 2. The van der Waals surface area contributed by atoms with Gasteiger partial charge < -0.3 is 15.5 Å². The molecule has 1 heterocycles. The molecule has 1 aromatic rings. The summed E-state index contributed by atoms with van der Waals surface area (Å²) in [4.78, 5) is 19.7. The molecule has 1 aromatic carbocycles. The number of sulfone groups is 1. The third-order valence-corrected chi connectivity index (χ3v) is 7.90. The lowest BCUT2D eigenvalue weighted by Crippen LogP contribution is -2.45. The van der Waals surface area contributed by atoms with Gasteiger partial charge in [0.25, 0.3) is 0 Å². The Morgan fingerprint density at radius 1 is 1.12 bits per heavy atom. The highest BCUT2D eigenvalue weighted by Crippen LogP contribution is 2.26. The summed E-state index contributed by atoms with van der Waals surface area (Å²) in [5.41, 5.74) is 0. The second kappa shape index (κ2) is 13.4. The van der Waals surface area contributed by atoms with Crippen LogP contribution in [0.25, 0.3) is 0 Å². The molecule has 0 aromatic heterocycles. The zero-order valence-electron chi connectivity index (χ0n) is 19.0. The minimum atomic E-state index is -3.27. The lowest BCUT2D eigenvalue weighted by molar-refractivity contribution is -0.135. The van der Waals surface area contributed by atoms with Gasteiger partial charge in [0.05, 0.1) is 10.6 Å². The van der Waals surface area contributed by atoms with Gasteiger partial charge in [-0.05, 0) is 44.7 Å². The predicted molar refractivity (Wildman–Crippen MR) is 139 cm³/mol. The van der Waals surface area contributed by atoms with Crippen molar-refractivity contribution in [2.24, 2.45) is 10.9 Å². The molecular formula is C23H37IN4O3S. The van der Waals surface area contributed by atoms with Crippen molar-refractivity contribution < 1.29 is 13.2 Å². The third kappa shape index (κ3) is 7.90. The Labute approximate surface area is 209 Å². The molecule has 2 N–H and O–H groups in total. The molecule has 1 atom stereocenters. The molecule has 1 unspecified atom stereocenters. The van der Waals surface area contributed by atoms with E-state index < -0.39 is 9.84 Å². The van der Waals surface area contributed by atoms with E-state index in [0.717, 1.165) is 32.4 Å². The first-order chi connectivity index (χ1) is 15.0. The quantitative estimate of drug-likeness (QED) is 0.215. The fourth-order valence-electron chi connectivity index (χ4n) is 4.39. The van der Waals surface area contributed by atoms with E-state index in [9.17, 15) is 13.2 Å². The van der Waals surface area contributed by atoms with E-state index in [1.54, 1.807) is 24.3 Å². The van der Waals surface area contributed by atoms with Gasteiger partial charge in [-0.1, -0.05) is 37.5 Å². The summed E-state index contributed by atoms with van der Waals surface area (Å²) in [6.07, 6.45) is 7.03. The third-order valence-electron chi connectivity index (χ3n) is 6.08. The molecule has 7 nitrogen and oxygen atoms in total. The van der Waals surface area contributed by atoms with Gasteiger partial charge in [0.2, 0.25) is 5.91 Å². The first-order valence-electron chi connectivity index (χ1n) is 11.6. The van der Waals surface area contributed by atoms with E-state index in [1.165, 1.54) is 19.3 Å². The van der Waals surface area contributed by atoms with Crippen LogP contribution < -0.4 is 10.6 Å². The van der Waals surface area contributed by atoms with Gasteiger partial charge in [-0.25, -0.2) is 8.42 Å². The van der Waals surface area contributed by atoms with Crippen LogP contribution in [0.3, 0.4) is 0 Å². The second-order valence-corrected chi connectivity index (χ2v) is 10.6. The van der Waals surface area contributed by atoms with Crippen LogP contribution in [0, 0.1) is 5.92 Å². The molecule has 2 fully saturated rings. The average Bonchev–Trinajstić information content (AvgIpc) is 3.26. The average molecular weight is 577 g/mol. The van der Waals surface area contributed by atoms with Gasteiger partial charge in [0, 0.05) is 38.1 Å². The van der Waals surface area contributed by atoms with Crippen molar-refractivity contribution >= 4 is 45.7 Å². The Morgan fingerprint density at radius 2 is 1.84 bits per heavy atom. The molecule has 0 bridgehead atoms. The summed E-state index contributed by atoms with van der Waals surface area (Å²) in [6.45, 7) is 4.67. The number of rotatable bonds is 8. The standard InChI is InChI=1S/C23H36N4O3S.HI/c1-2-24-23(25-15-9-17-31(29,30)21-12-7-4-8-13-21)26-20-14-16-27(18-20)22(28)19-10-5-3-6-11-19;/h4,7-8,12-13,19-20H,2-3,5-6,9-11,14-18H2,1H3,(H2,24,25,26);1H. The molecule has 1 aliphatic heterocycles. The first kappa shape index (κ1) is 26.9. The fraction of sp³-hybridized carbons (Fsp3) is 0.652. The lowest BCUT2D eigenvalue weighted by Gasteiger charge is -2.26. The van der Waals surface area contributed by atoms with Crippen LogP contribution in [-0.2, 0) is 14.6 Å². The Morgan fingerprint density at radius 3 is 2.53 bits per heavy atom. The molecule has 180 valence electrons. The number of carbonyl (C=O) groups excluding carboxylic acids is 1. The van der Waals surface area contributed by atoms with E-state index in [-0.39, 0.29) is 41.7 Å². The molecular weight excluding hydrogens is 539 g/mol. The minimum absolute atomic E-state index is 0. The van der Waals surface area contributed by atoms with E-state index in [4.69, 9.17) is 0 Å². The van der Waals surface area contributed by atoms with Crippen LogP contribution in [0.5, 0.6) is 0 Å². The van der Waals surface area contributed by atoms with Gasteiger partial charge in [-0.3, -0.25) is 9.79 Å². The summed E-state index contributed by atoms with van der Waals surface area (Å²) in [6, 6.07) is 8.72. The first-order valence-corrected chi connectivity index (χ1v) is 13.3. The maximum atomic E-state index is 12.8. The van der Waals surface area contributed by atoms with E-state index in [1.807, 2.05) is 17.9 Å². The summed E-state index contributed by atoms with van der Waals surface area (Å²) in [7, 11) is -3.27. The molecule has 3 rings (SSSR count). The topological polar surface area (TPSA) is 90.9 Å². The molecule has 1 saturated carbocycles. The number of aliphatic imine (C=N–C) groups is 1. The van der Waals surface area contributed by atoms with E-state index in [2.05, 4.69) is 15.6 Å². The van der Waals surface area contributed by atoms with Crippen LogP contribution in [-0.4, -0.2) is 63.2 Å². The van der Waals surface area contributed by atoms with Gasteiger partial charge in [0.1, 0.15) is 0 Å². The maximum absolute atomic E-state index is 12.8. The van der Waals surface area contributed by atoms with Crippen molar-refractivity contribution in [3.05, 3.63) is 30.3 Å². The number of hydrogen-bond donors (Lipinski definition) is 2. The van der Waals surface area contributed by atoms with Gasteiger partial charge in [0.15, 0.2) is 15.8 Å². The van der Waals surface area contributed by atoms with Crippen LogP contribution >= 0.6 is 24.0 Å². The van der Waals surface area contributed by atoms with Crippen LogP contribution in [0.15, 0.2) is 40.2 Å². The number of carbonyl (C=O) groups is 1. The Kier molecular flexibility index (Phi) is 11.2. The van der Waals surface area contributed by atoms with Gasteiger partial charge in [-0.2, -0.15) is 0 Å². The number of halogens is 1. The minimum Gasteiger partial charge on any atom is -0.357 e. The number of benzene rings is 1. The summed E-state index contributed by atoms with van der Waals surface area (Å²) in [5.74, 6) is 1.29. The van der Waals surface area contributed by atoms with Crippen molar-refractivity contribution in [2.75, 3.05) is 31.9 Å². The SMILES string of the molecule is CCNC(=NCCCS(=O)(=O)c1ccccc1)NC1CCN(C(=O)C2CCCCC2)C1.I. The second-order valence-electron chi connectivity index (χ2n) is 8.50. The van der Waals surface area contributed by atoms with E-state index in [0.29, 0.717) is 36.3 Å². The Bertz CT molecular complexity index is 842. The molecule has 0 radical (unpaired) electrons. The normalized spacial score (nSPS) is 20.0. The van der Waals surface area contributed by atoms with Crippen molar-refractivity contribution in [3.8, 4) is 0 Å². The van der Waals surface area contributed by atoms with E-state index >= 15 is 0 Å². The van der Waals surface area contributed by atoms with Crippen LogP contribution in [0.4, 0.5) is 0 Å². The number of guanidine groups is 1. The Hall–Kier alpha value is -1.36. The largest absolute Gasteiger partial charge is 0.357 e. The molecule has 1 amide bonds. The summed E-state index contributed by atoms with van der Waals surface area (Å²) < 4.78 is 24.8. The molecule has 0 spiro atoms. The monoisotopic (exact) mass is 576 g/mol. The highest BCUT2D eigenvalue weighted by atomic mass is 127. The molecule has 9 heteroatoms. The number of nitrogens with one attached hydrogen (secondary N) is 2. The fourth-order valence-corrected chi connectivity index (χ4v) is 5.71. The van der Waals surface area contributed by atoms with Crippen molar-refractivity contribution in [1.82, 2.24) is 15.5 Å². The number of amides is 1. The molecule has 1 aliphatic carbocycles. The molecule has 1 saturated heterocycles. The maximum Gasteiger partial charge on any atom is 0.225 e. The highest BCUT2D eigenvalue weighted by molar-refractivity contribution is 14.0. The van der Waals surface area contributed by atoms with Crippen molar-refractivity contribution in [3.63, 3.8) is 0 Å². The van der Waals surface area contributed by atoms with Crippen LogP contribution in [0.2, 0.25) is 0 Å². The van der Waals surface area contributed by atoms with Crippen molar-refractivity contribution in [2.45, 2.75) is 62.8 Å². The van der Waals surface area contributed by atoms with Crippen molar-refractivity contribution in [1.29, 1.82) is 0 Å². The lowest BCUT2D eigenvalue weighted by atomic mass is 9.88. The highest BCUT2D eigenvalue weighted by Gasteiger charge is 2.31. The zero-order valence-corrected chi connectivity index (χ0v) is 22.1. The van der Waals surface area contributed by atoms with Gasteiger partial charge >= 0.3 is 0 Å². The Balaban J connectivity index is 0.00000363. The number of hydrogen-bond acceptors (Lipinski definition) is 4. The van der Waals surface area contributed by atoms with Gasteiger partial charge in [-0.15, -0.1) is 24.0 Å². The zero-order chi connectivity index (χ0) is 22.1. The predicted octanol–water partition coefficient (Wildman–Crippen LogP) is 3.20. The number of likely N-dealkylation sites (tertiary alicyclic amines) is 1. The molecule has 32 heavy (non-hydrogen) atoms. The summed E-state index contributed by atoms with van der Waals surface area (Å²) in [5, 5.41) is 6.66. The molecule has 2 aliphatic rings.